The number of fused-ring (bicyclic) bond motifs is 1. The molecule has 0 spiro atoms. The van der Waals surface area contributed by atoms with Crippen LogP contribution < -0.4 is 16.4 Å². The Morgan fingerprint density at radius 1 is 1.37 bits per heavy atom. The van der Waals surface area contributed by atoms with Gasteiger partial charge in [0.15, 0.2) is 22.5 Å². The van der Waals surface area contributed by atoms with E-state index in [4.69, 9.17) is 35.9 Å². The first kappa shape index (κ1) is 35.4. The van der Waals surface area contributed by atoms with Crippen molar-refractivity contribution in [3.05, 3.63) is 16.7 Å². The number of carbonyl (C=O) groups excluding carboxylic acids is 2. The molecule has 1 aliphatic rings. The Labute approximate surface area is 256 Å². The van der Waals surface area contributed by atoms with E-state index in [0.29, 0.717) is 0 Å². The number of hydrogen-bond acceptors (Lipinski definition) is 14. The van der Waals surface area contributed by atoms with E-state index in [0.717, 1.165) is 11.8 Å². The van der Waals surface area contributed by atoms with Crippen molar-refractivity contribution >= 4 is 59.3 Å². The van der Waals surface area contributed by atoms with Crippen LogP contribution in [0, 0.1) is 5.41 Å². The SMILES string of the molecule is CC(C)OC(=O)[C@H](C)N[P@@](=O)(OCCSC(=O)C(C)(C)CO)OC[C@H]1O[C@@H](n2cnc3c(=O)[nH]c(N)nc32)[C@](C)(Cl)[C@@H]1O. The largest absolute Gasteiger partial charge is 0.462 e. The number of halogens is 1. The predicted molar refractivity (Wildman–Crippen MR) is 158 cm³/mol. The van der Waals surface area contributed by atoms with Crippen molar-refractivity contribution < 1.29 is 42.9 Å². The first-order valence-corrected chi connectivity index (χ1v) is 16.2. The number of aliphatic hydroxyl groups is 2. The number of anilines is 1. The van der Waals surface area contributed by atoms with Gasteiger partial charge in [0.1, 0.15) is 23.1 Å². The lowest BCUT2D eigenvalue weighted by molar-refractivity contribution is -0.149. The average molecular weight is 669 g/mol. The predicted octanol–water partition coefficient (Wildman–Crippen LogP) is 1.31. The van der Waals surface area contributed by atoms with E-state index >= 15 is 0 Å². The fourth-order valence-corrected chi connectivity index (χ4v) is 6.63. The fraction of sp³-hybridized carbons (Fsp3) is 0.708. The molecule has 43 heavy (non-hydrogen) atoms. The normalized spacial score (nSPS) is 24.7. The number of ether oxygens (including phenoxy) is 2. The van der Waals surface area contributed by atoms with Crippen LogP contribution in [0.25, 0.3) is 11.2 Å². The number of alkyl halides is 1. The summed E-state index contributed by atoms with van der Waals surface area (Å²) in [7, 11) is -4.29. The van der Waals surface area contributed by atoms with Crippen LogP contribution in [0.15, 0.2) is 11.1 Å². The number of nitrogens with zero attached hydrogens (tertiary/aromatic N) is 3. The van der Waals surface area contributed by atoms with Gasteiger partial charge >= 0.3 is 13.7 Å². The van der Waals surface area contributed by atoms with Gasteiger partial charge in [0, 0.05) is 5.75 Å². The topological polar surface area (TPSA) is 230 Å². The number of nitrogens with one attached hydrogen (secondary N) is 2. The molecule has 2 aromatic heterocycles. The van der Waals surface area contributed by atoms with Crippen LogP contribution in [0.2, 0.25) is 0 Å². The maximum Gasteiger partial charge on any atom is 0.406 e. The summed E-state index contributed by atoms with van der Waals surface area (Å²) in [4.78, 5) is 45.9. The number of hydrogen-bond donors (Lipinski definition) is 5. The minimum absolute atomic E-state index is 0.0254. The second-order valence-electron chi connectivity index (χ2n) is 11.0. The molecule has 0 amide bonds. The lowest BCUT2D eigenvalue weighted by Crippen LogP contribution is -2.40. The second kappa shape index (κ2) is 13.9. The van der Waals surface area contributed by atoms with Gasteiger partial charge in [0.05, 0.1) is 37.7 Å². The van der Waals surface area contributed by atoms with E-state index in [-0.39, 0.29) is 41.2 Å². The quantitative estimate of drug-likeness (QED) is 0.0827. The molecular weight excluding hydrogens is 631 g/mol. The van der Waals surface area contributed by atoms with Gasteiger partial charge in [-0.1, -0.05) is 11.8 Å². The fourth-order valence-electron chi connectivity index (χ4n) is 3.92. The zero-order valence-electron chi connectivity index (χ0n) is 24.6. The zero-order valence-corrected chi connectivity index (χ0v) is 27.1. The second-order valence-corrected chi connectivity index (χ2v) is 14.7. The van der Waals surface area contributed by atoms with Crippen molar-refractivity contribution in [3.63, 3.8) is 0 Å². The molecule has 0 aromatic carbocycles. The number of aliphatic hydroxyl groups excluding tert-OH is 2. The van der Waals surface area contributed by atoms with E-state index < -0.39 is 66.8 Å². The summed E-state index contributed by atoms with van der Waals surface area (Å²) in [6.45, 7) is 8.28. The van der Waals surface area contributed by atoms with E-state index in [1.165, 1.54) is 24.7 Å². The van der Waals surface area contributed by atoms with Crippen molar-refractivity contribution in [2.45, 2.75) is 77.0 Å². The standard InChI is InChI=1S/C24H38ClN6O10PS/c1-12(2)40-19(35)13(3)30-42(37,38-7-8-43-21(36)23(4,5)10-32)39-9-14-16(33)24(6,25)20(41-14)31-11-27-15-17(31)28-22(26)29-18(15)34/h11-14,16,20,32-33H,7-10H2,1-6H3,(H,30,37)(H3,26,28,29,34)/t13-,14+,16+,20+,24+,42+/m0/s1. The van der Waals surface area contributed by atoms with Gasteiger partial charge in [-0.25, -0.2) is 14.6 Å². The Morgan fingerprint density at radius 3 is 2.67 bits per heavy atom. The molecule has 0 unspecified atom stereocenters. The number of imidazole rings is 1. The number of carbonyl (C=O) groups is 2. The van der Waals surface area contributed by atoms with Crippen LogP contribution in [-0.2, 0) is 32.7 Å². The summed E-state index contributed by atoms with van der Waals surface area (Å²) in [6, 6.07) is -1.12. The number of nitrogen functional groups attached to an aromatic ring is 1. The molecule has 1 aliphatic heterocycles. The van der Waals surface area contributed by atoms with Crippen LogP contribution in [0.3, 0.4) is 0 Å². The van der Waals surface area contributed by atoms with Gasteiger partial charge in [-0.15, -0.1) is 11.6 Å². The van der Waals surface area contributed by atoms with Crippen LogP contribution in [0.4, 0.5) is 5.95 Å². The van der Waals surface area contributed by atoms with Crippen LogP contribution in [-0.4, -0.2) is 95.6 Å². The lowest BCUT2D eigenvalue weighted by Gasteiger charge is -2.26. The molecule has 1 saturated heterocycles. The highest BCUT2D eigenvalue weighted by Gasteiger charge is 2.54. The Balaban J connectivity index is 1.76. The minimum Gasteiger partial charge on any atom is -0.462 e. The monoisotopic (exact) mass is 668 g/mol. The van der Waals surface area contributed by atoms with E-state index in [9.17, 15) is 29.2 Å². The van der Waals surface area contributed by atoms with Crippen LogP contribution in [0.5, 0.6) is 0 Å². The van der Waals surface area contributed by atoms with E-state index in [1.807, 2.05) is 0 Å². The molecule has 2 aromatic rings. The summed E-state index contributed by atoms with van der Waals surface area (Å²) < 4.78 is 37.4. The summed E-state index contributed by atoms with van der Waals surface area (Å²) in [5.41, 5.74) is 4.17. The Bertz CT molecular complexity index is 1420. The molecule has 16 nitrogen and oxygen atoms in total. The molecule has 6 N–H and O–H groups in total. The number of esters is 1. The van der Waals surface area contributed by atoms with Gasteiger partial charge in [-0.05, 0) is 41.5 Å². The molecular formula is C24H38ClN6O10PS. The highest BCUT2D eigenvalue weighted by atomic mass is 35.5. The van der Waals surface area contributed by atoms with Crippen molar-refractivity contribution in [1.82, 2.24) is 24.6 Å². The third-order valence-electron chi connectivity index (χ3n) is 6.41. The van der Waals surface area contributed by atoms with Crippen LogP contribution in [0.1, 0.15) is 47.8 Å². The molecule has 0 bridgehead atoms. The molecule has 3 rings (SSSR count). The number of thioether (sulfide) groups is 1. The molecule has 3 heterocycles. The number of aromatic nitrogens is 4. The number of H-pyrrole nitrogens is 1. The van der Waals surface area contributed by atoms with E-state index in [2.05, 4.69) is 20.0 Å². The summed E-state index contributed by atoms with van der Waals surface area (Å²) in [5.74, 6) is -0.811. The van der Waals surface area contributed by atoms with Crippen molar-refractivity contribution in [3.8, 4) is 0 Å². The van der Waals surface area contributed by atoms with Crippen LogP contribution >= 0.6 is 31.1 Å². The molecule has 0 saturated carbocycles. The van der Waals surface area contributed by atoms with Crippen molar-refractivity contribution in [1.29, 1.82) is 0 Å². The minimum atomic E-state index is -4.29. The van der Waals surface area contributed by atoms with Crippen molar-refractivity contribution in [2.24, 2.45) is 5.41 Å². The van der Waals surface area contributed by atoms with Gasteiger partial charge in [0.2, 0.25) is 5.95 Å². The van der Waals surface area contributed by atoms with Gasteiger partial charge in [0.25, 0.3) is 5.56 Å². The van der Waals surface area contributed by atoms with Crippen molar-refractivity contribution in [2.75, 3.05) is 31.3 Å². The first-order valence-electron chi connectivity index (χ1n) is 13.3. The number of aromatic amines is 1. The van der Waals surface area contributed by atoms with E-state index in [1.54, 1.807) is 27.7 Å². The summed E-state index contributed by atoms with van der Waals surface area (Å²) in [5, 5.41) is 22.7. The highest BCUT2D eigenvalue weighted by molar-refractivity contribution is 8.13. The Hall–Kier alpha value is -2.08. The zero-order chi connectivity index (χ0) is 32.3. The summed E-state index contributed by atoms with van der Waals surface area (Å²) in [6.07, 6.45) is -2.83. The third-order valence-corrected chi connectivity index (χ3v) is 9.72. The molecule has 0 radical (unpaired) electrons. The molecule has 1 fully saturated rings. The first-order chi connectivity index (χ1) is 19.9. The maximum atomic E-state index is 13.8. The third kappa shape index (κ3) is 8.35. The lowest BCUT2D eigenvalue weighted by atomic mass is 9.97. The number of nitrogens with two attached hydrogens (primary N) is 1. The maximum absolute atomic E-state index is 13.8. The molecule has 242 valence electrons. The average Bonchev–Trinajstić information content (AvgIpc) is 3.42. The Kier molecular flexibility index (Phi) is 11.5. The van der Waals surface area contributed by atoms with Gasteiger partial charge in [-0.3, -0.25) is 33.0 Å². The smallest absolute Gasteiger partial charge is 0.406 e. The number of rotatable bonds is 14. The highest BCUT2D eigenvalue weighted by Crippen LogP contribution is 2.48. The van der Waals surface area contributed by atoms with Gasteiger partial charge in [-0.2, -0.15) is 4.98 Å². The van der Waals surface area contributed by atoms with Gasteiger partial charge < -0.3 is 25.4 Å². The molecule has 0 aliphatic carbocycles. The summed E-state index contributed by atoms with van der Waals surface area (Å²) >= 11 is 7.58. The Morgan fingerprint density at radius 2 is 2.05 bits per heavy atom. The molecule has 19 heteroatoms. The molecule has 6 atom stereocenters.